The first kappa shape index (κ1) is 16.0. The van der Waals surface area contributed by atoms with Crippen LogP contribution in [0.2, 0.25) is 0 Å². The van der Waals surface area contributed by atoms with Crippen molar-refractivity contribution in [2.24, 2.45) is 5.10 Å². The molecule has 2 aromatic carbocycles. The molecule has 4 rings (SSSR count). The second-order valence-corrected chi connectivity index (χ2v) is 6.51. The molecule has 0 bridgehead atoms. The summed E-state index contributed by atoms with van der Waals surface area (Å²) in [6.07, 6.45) is 2.93. The Bertz CT molecular complexity index is 773. The van der Waals surface area contributed by atoms with E-state index in [0.29, 0.717) is 6.61 Å². The van der Waals surface area contributed by atoms with E-state index >= 15 is 0 Å². The molecule has 0 amide bonds. The fourth-order valence-corrected chi connectivity index (χ4v) is 3.64. The van der Waals surface area contributed by atoms with E-state index in [1.807, 2.05) is 25.1 Å². The van der Waals surface area contributed by atoms with E-state index in [2.05, 4.69) is 42.3 Å². The first-order valence-electron chi connectivity index (χ1n) is 9.14. The molecule has 130 valence electrons. The van der Waals surface area contributed by atoms with Crippen LogP contribution < -0.4 is 9.47 Å². The van der Waals surface area contributed by atoms with Crippen LogP contribution in [0.1, 0.15) is 50.3 Å². The van der Waals surface area contributed by atoms with Crippen molar-refractivity contribution in [3.63, 3.8) is 0 Å². The van der Waals surface area contributed by atoms with Gasteiger partial charge in [-0.25, -0.2) is 0 Å². The zero-order valence-corrected chi connectivity index (χ0v) is 14.8. The van der Waals surface area contributed by atoms with Gasteiger partial charge in [0.25, 0.3) is 0 Å². The van der Waals surface area contributed by atoms with E-state index in [-0.39, 0.29) is 12.3 Å². The summed E-state index contributed by atoms with van der Waals surface area (Å²) in [5, 5.41) is 7.10. The molecule has 25 heavy (non-hydrogen) atoms. The minimum atomic E-state index is 0.00153. The SMILES string of the molecule is CCCC1Oc2ccc(OCC)cc2C2CC(c3ccccc3)=NN12. The molecule has 0 N–H and O–H groups in total. The summed E-state index contributed by atoms with van der Waals surface area (Å²) >= 11 is 0. The van der Waals surface area contributed by atoms with Crippen molar-refractivity contribution < 1.29 is 9.47 Å². The normalized spacial score (nSPS) is 21.2. The number of benzene rings is 2. The largest absolute Gasteiger partial charge is 0.494 e. The van der Waals surface area contributed by atoms with Gasteiger partial charge < -0.3 is 9.47 Å². The number of nitrogens with zero attached hydrogens (tertiary/aromatic N) is 2. The van der Waals surface area contributed by atoms with E-state index in [9.17, 15) is 0 Å². The molecule has 0 fully saturated rings. The zero-order valence-electron chi connectivity index (χ0n) is 14.8. The van der Waals surface area contributed by atoms with Crippen LogP contribution >= 0.6 is 0 Å². The summed E-state index contributed by atoms with van der Waals surface area (Å²) in [5.41, 5.74) is 3.49. The third-order valence-electron chi connectivity index (χ3n) is 4.79. The van der Waals surface area contributed by atoms with Crippen LogP contribution in [-0.4, -0.2) is 23.6 Å². The molecule has 2 atom stereocenters. The molecule has 2 aliphatic rings. The minimum absolute atomic E-state index is 0.00153. The molecule has 2 aromatic rings. The highest BCUT2D eigenvalue weighted by atomic mass is 16.5. The summed E-state index contributed by atoms with van der Waals surface area (Å²) in [6, 6.07) is 16.8. The van der Waals surface area contributed by atoms with Gasteiger partial charge in [-0.1, -0.05) is 43.7 Å². The molecule has 0 saturated carbocycles. The average Bonchev–Trinajstić information content (AvgIpc) is 3.09. The van der Waals surface area contributed by atoms with Gasteiger partial charge in [0.1, 0.15) is 11.5 Å². The Kier molecular flexibility index (Phi) is 4.35. The Balaban J connectivity index is 1.71. The van der Waals surface area contributed by atoms with Gasteiger partial charge in [0.2, 0.25) is 0 Å². The molecule has 0 saturated heterocycles. The maximum absolute atomic E-state index is 6.27. The molecule has 0 aromatic heterocycles. The zero-order chi connectivity index (χ0) is 17.2. The van der Waals surface area contributed by atoms with Gasteiger partial charge in [-0.3, -0.25) is 5.01 Å². The Labute approximate surface area is 149 Å². The standard InChI is InChI=1S/C21H24N2O2/c1-3-8-21-23-19(14-18(22-23)15-9-6-5-7-10-15)17-13-16(24-4-2)11-12-20(17)25-21/h5-7,9-13,19,21H,3-4,8,14H2,1-2H3. The quantitative estimate of drug-likeness (QED) is 0.790. The molecule has 4 nitrogen and oxygen atoms in total. The topological polar surface area (TPSA) is 34.1 Å². The van der Waals surface area contributed by atoms with E-state index < -0.39 is 0 Å². The highest BCUT2D eigenvalue weighted by Gasteiger charge is 2.39. The molecule has 0 radical (unpaired) electrons. The van der Waals surface area contributed by atoms with Gasteiger partial charge in [-0.2, -0.15) is 5.10 Å². The first-order valence-corrected chi connectivity index (χ1v) is 9.14. The first-order chi connectivity index (χ1) is 12.3. The fraction of sp³-hybridized carbons (Fsp3) is 0.381. The summed E-state index contributed by atoms with van der Waals surface area (Å²) in [4.78, 5) is 0. The number of hydrogen-bond donors (Lipinski definition) is 0. The van der Waals surface area contributed by atoms with E-state index in [0.717, 1.165) is 36.5 Å². The Morgan fingerprint density at radius 3 is 2.76 bits per heavy atom. The van der Waals surface area contributed by atoms with Crippen LogP contribution in [0.5, 0.6) is 11.5 Å². The van der Waals surface area contributed by atoms with Crippen LogP contribution in [0.15, 0.2) is 53.6 Å². The third-order valence-corrected chi connectivity index (χ3v) is 4.79. The van der Waals surface area contributed by atoms with E-state index in [1.54, 1.807) is 0 Å². The Morgan fingerprint density at radius 2 is 2.00 bits per heavy atom. The summed E-state index contributed by atoms with van der Waals surface area (Å²) < 4.78 is 12.0. The second-order valence-electron chi connectivity index (χ2n) is 6.51. The fourth-order valence-electron chi connectivity index (χ4n) is 3.64. The van der Waals surface area contributed by atoms with Crippen molar-refractivity contribution in [1.29, 1.82) is 0 Å². The average molecular weight is 336 g/mol. The lowest BCUT2D eigenvalue weighted by Gasteiger charge is -2.38. The third kappa shape index (κ3) is 2.97. The van der Waals surface area contributed by atoms with Gasteiger partial charge in [-0.05, 0) is 30.7 Å². The molecule has 0 spiro atoms. The highest BCUT2D eigenvalue weighted by molar-refractivity contribution is 6.01. The summed E-state index contributed by atoms with van der Waals surface area (Å²) in [6.45, 7) is 4.86. The lowest BCUT2D eigenvalue weighted by atomic mass is 9.96. The lowest BCUT2D eigenvalue weighted by Crippen LogP contribution is -2.40. The maximum atomic E-state index is 6.27. The summed E-state index contributed by atoms with van der Waals surface area (Å²) in [5.74, 6) is 1.86. The number of fused-ring (bicyclic) bond motifs is 3. The molecular weight excluding hydrogens is 312 g/mol. The molecule has 2 unspecified atom stereocenters. The number of ether oxygens (including phenoxy) is 2. The Hall–Kier alpha value is -2.49. The van der Waals surface area contributed by atoms with Crippen LogP contribution in [0.3, 0.4) is 0 Å². The lowest BCUT2D eigenvalue weighted by molar-refractivity contribution is -0.0224. The van der Waals surface area contributed by atoms with Crippen LogP contribution in [0.4, 0.5) is 0 Å². The number of hydrogen-bond acceptors (Lipinski definition) is 4. The number of hydrazone groups is 1. The van der Waals surface area contributed by atoms with Crippen LogP contribution in [0.25, 0.3) is 0 Å². The van der Waals surface area contributed by atoms with Gasteiger partial charge in [0.15, 0.2) is 6.23 Å². The van der Waals surface area contributed by atoms with E-state index in [4.69, 9.17) is 14.6 Å². The molecule has 4 heteroatoms. The van der Waals surface area contributed by atoms with Crippen molar-refractivity contribution in [1.82, 2.24) is 5.01 Å². The maximum Gasteiger partial charge on any atom is 0.187 e. The molecule has 0 aliphatic carbocycles. The van der Waals surface area contributed by atoms with Crippen molar-refractivity contribution in [2.45, 2.75) is 45.4 Å². The molecular formula is C21H24N2O2. The summed E-state index contributed by atoms with van der Waals surface area (Å²) in [7, 11) is 0. The van der Waals surface area contributed by atoms with Gasteiger partial charge in [-0.15, -0.1) is 0 Å². The molecule has 2 aliphatic heterocycles. The van der Waals surface area contributed by atoms with Crippen molar-refractivity contribution >= 4 is 5.71 Å². The van der Waals surface area contributed by atoms with Gasteiger partial charge in [0.05, 0.1) is 18.4 Å². The van der Waals surface area contributed by atoms with Crippen LogP contribution in [-0.2, 0) is 0 Å². The van der Waals surface area contributed by atoms with E-state index in [1.165, 1.54) is 11.1 Å². The minimum Gasteiger partial charge on any atom is -0.494 e. The van der Waals surface area contributed by atoms with Crippen LogP contribution in [0, 0.1) is 0 Å². The van der Waals surface area contributed by atoms with Crippen molar-refractivity contribution in [2.75, 3.05) is 6.61 Å². The van der Waals surface area contributed by atoms with Crippen molar-refractivity contribution in [3.05, 3.63) is 59.7 Å². The Morgan fingerprint density at radius 1 is 1.16 bits per heavy atom. The molecule has 2 heterocycles. The van der Waals surface area contributed by atoms with Gasteiger partial charge >= 0.3 is 0 Å². The van der Waals surface area contributed by atoms with Gasteiger partial charge in [0, 0.05) is 18.4 Å². The highest BCUT2D eigenvalue weighted by Crippen LogP contribution is 2.45. The van der Waals surface area contributed by atoms with Crippen molar-refractivity contribution in [3.8, 4) is 11.5 Å². The predicted molar refractivity (Wildman–Crippen MR) is 99.1 cm³/mol. The monoisotopic (exact) mass is 336 g/mol. The predicted octanol–water partition coefficient (Wildman–Crippen LogP) is 4.76. The second kappa shape index (κ2) is 6.79. The smallest absolute Gasteiger partial charge is 0.187 e. The number of rotatable bonds is 5.